The van der Waals surface area contributed by atoms with Crippen molar-refractivity contribution in [3.8, 4) is 5.95 Å². The molecular formula is C17H19N5O2. The second kappa shape index (κ2) is 5.92. The summed E-state index contributed by atoms with van der Waals surface area (Å²) in [5.41, 5.74) is 2.97. The molecule has 0 fully saturated rings. The standard InChI is InChI=1S/C17H19N5O2/c1-9-6-15(12(4)24-9)16(23)21-14-7-18-17(19-8-14)22-11(3)10(2)20-13(22)5/h6-8H,1-5H3,(H,21,23). The first-order valence-corrected chi connectivity index (χ1v) is 7.60. The number of nitrogens with one attached hydrogen (secondary N) is 1. The lowest BCUT2D eigenvalue weighted by Gasteiger charge is -2.07. The number of furan rings is 1. The Labute approximate surface area is 139 Å². The smallest absolute Gasteiger partial charge is 0.259 e. The van der Waals surface area contributed by atoms with E-state index in [0.717, 1.165) is 17.2 Å². The number of imidazole rings is 1. The Morgan fingerprint density at radius 1 is 1.12 bits per heavy atom. The zero-order chi connectivity index (χ0) is 17.4. The SMILES string of the molecule is Cc1cc(C(=O)Nc2cnc(-n3c(C)nc(C)c3C)nc2)c(C)o1. The lowest BCUT2D eigenvalue weighted by molar-refractivity contribution is 0.102. The first-order chi connectivity index (χ1) is 11.4. The Morgan fingerprint density at radius 2 is 1.79 bits per heavy atom. The van der Waals surface area contributed by atoms with Crippen LogP contribution in [-0.4, -0.2) is 25.4 Å². The van der Waals surface area contributed by atoms with Crippen molar-refractivity contribution in [2.75, 3.05) is 5.32 Å². The zero-order valence-corrected chi connectivity index (χ0v) is 14.3. The van der Waals surface area contributed by atoms with Crippen molar-refractivity contribution in [1.29, 1.82) is 0 Å². The number of nitrogens with zero attached hydrogens (tertiary/aromatic N) is 4. The molecule has 0 bridgehead atoms. The molecule has 0 atom stereocenters. The van der Waals surface area contributed by atoms with Crippen molar-refractivity contribution in [2.45, 2.75) is 34.6 Å². The van der Waals surface area contributed by atoms with Gasteiger partial charge in [0.05, 0.1) is 29.3 Å². The van der Waals surface area contributed by atoms with Gasteiger partial charge in [-0.05, 0) is 40.7 Å². The molecule has 0 aliphatic heterocycles. The predicted molar refractivity (Wildman–Crippen MR) is 89.5 cm³/mol. The number of amides is 1. The van der Waals surface area contributed by atoms with Gasteiger partial charge in [0, 0.05) is 5.69 Å². The van der Waals surface area contributed by atoms with Gasteiger partial charge >= 0.3 is 0 Å². The molecule has 0 aromatic carbocycles. The van der Waals surface area contributed by atoms with Crippen LogP contribution in [0.4, 0.5) is 5.69 Å². The summed E-state index contributed by atoms with van der Waals surface area (Å²) in [5, 5.41) is 2.78. The fraction of sp³-hybridized carbons (Fsp3) is 0.294. The second-order valence-corrected chi connectivity index (χ2v) is 5.72. The van der Waals surface area contributed by atoms with Crippen LogP contribution in [0.2, 0.25) is 0 Å². The summed E-state index contributed by atoms with van der Waals surface area (Å²) < 4.78 is 7.26. The third kappa shape index (κ3) is 2.80. The van der Waals surface area contributed by atoms with Crippen LogP contribution >= 0.6 is 0 Å². The van der Waals surface area contributed by atoms with Gasteiger partial charge in [-0.3, -0.25) is 9.36 Å². The van der Waals surface area contributed by atoms with Crippen LogP contribution in [0.15, 0.2) is 22.9 Å². The summed E-state index contributed by atoms with van der Waals surface area (Å²) in [6.45, 7) is 9.39. The van der Waals surface area contributed by atoms with E-state index in [4.69, 9.17) is 4.42 Å². The molecule has 0 spiro atoms. The Kier molecular flexibility index (Phi) is 3.92. The van der Waals surface area contributed by atoms with Gasteiger partial charge in [-0.1, -0.05) is 0 Å². The number of hydrogen-bond donors (Lipinski definition) is 1. The molecule has 3 aromatic heterocycles. The van der Waals surface area contributed by atoms with Crippen molar-refractivity contribution >= 4 is 11.6 Å². The Hall–Kier alpha value is -2.96. The van der Waals surface area contributed by atoms with Crippen molar-refractivity contribution in [3.05, 3.63) is 52.8 Å². The van der Waals surface area contributed by atoms with Crippen LogP contribution in [0.1, 0.15) is 39.1 Å². The number of rotatable bonds is 3. The molecule has 0 unspecified atom stereocenters. The molecule has 0 radical (unpaired) electrons. The third-order valence-corrected chi connectivity index (χ3v) is 3.89. The van der Waals surface area contributed by atoms with E-state index in [0.29, 0.717) is 28.7 Å². The van der Waals surface area contributed by atoms with Gasteiger partial charge in [-0.2, -0.15) is 0 Å². The van der Waals surface area contributed by atoms with Crippen LogP contribution in [0.5, 0.6) is 0 Å². The minimum Gasteiger partial charge on any atom is -0.466 e. The van der Waals surface area contributed by atoms with Gasteiger partial charge in [-0.15, -0.1) is 0 Å². The van der Waals surface area contributed by atoms with Crippen LogP contribution in [0, 0.1) is 34.6 Å². The molecule has 0 saturated heterocycles. The Balaban J connectivity index is 1.82. The molecule has 0 aliphatic rings. The summed E-state index contributed by atoms with van der Waals surface area (Å²) in [6.07, 6.45) is 3.16. The van der Waals surface area contributed by atoms with E-state index in [1.54, 1.807) is 32.3 Å². The average molecular weight is 325 g/mol. The van der Waals surface area contributed by atoms with E-state index in [9.17, 15) is 4.79 Å². The normalized spacial score (nSPS) is 10.9. The van der Waals surface area contributed by atoms with E-state index >= 15 is 0 Å². The minimum absolute atomic E-state index is 0.244. The van der Waals surface area contributed by atoms with E-state index in [1.165, 1.54) is 0 Å². The summed E-state index contributed by atoms with van der Waals surface area (Å²) in [7, 11) is 0. The fourth-order valence-electron chi connectivity index (χ4n) is 2.63. The first-order valence-electron chi connectivity index (χ1n) is 7.60. The fourth-order valence-corrected chi connectivity index (χ4v) is 2.63. The molecule has 0 saturated carbocycles. The molecule has 7 nitrogen and oxygen atoms in total. The first kappa shape index (κ1) is 15.9. The minimum atomic E-state index is -0.244. The van der Waals surface area contributed by atoms with E-state index in [2.05, 4.69) is 20.3 Å². The molecule has 1 N–H and O–H groups in total. The second-order valence-electron chi connectivity index (χ2n) is 5.72. The maximum Gasteiger partial charge on any atom is 0.259 e. The lowest BCUT2D eigenvalue weighted by atomic mass is 10.2. The third-order valence-electron chi connectivity index (χ3n) is 3.89. The van der Waals surface area contributed by atoms with E-state index in [-0.39, 0.29) is 5.91 Å². The van der Waals surface area contributed by atoms with E-state index < -0.39 is 0 Å². The maximum absolute atomic E-state index is 12.3. The van der Waals surface area contributed by atoms with Crippen molar-refractivity contribution in [3.63, 3.8) is 0 Å². The quantitative estimate of drug-likeness (QED) is 0.800. The monoisotopic (exact) mass is 325 g/mol. The van der Waals surface area contributed by atoms with Crippen LogP contribution in [0.25, 0.3) is 5.95 Å². The topological polar surface area (TPSA) is 85.8 Å². The maximum atomic E-state index is 12.3. The highest BCUT2D eigenvalue weighted by Crippen LogP contribution is 2.17. The van der Waals surface area contributed by atoms with Crippen LogP contribution in [-0.2, 0) is 0 Å². The van der Waals surface area contributed by atoms with Crippen molar-refractivity contribution in [2.24, 2.45) is 0 Å². The number of hydrogen-bond acceptors (Lipinski definition) is 5. The largest absolute Gasteiger partial charge is 0.466 e. The lowest BCUT2D eigenvalue weighted by Crippen LogP contribution is -2.13. The van der Waals surface area contributed by atoms with Gasteiger partial charge < -0.3 is 9.73 Å². The summed E-state index contributed by atoms with van der Waals surface area (Å²) in [6, 6.07) is 1.71. The highest BCUT2D eigenvalue weighted by molar-refractivity contribution is 6.04. The molecule has 3 rings (SSSR count). The number of carbonyl (C=O) groups excluding carboxylic acids is 1. The molecule has 7 heteroatoms. The molecule has 3 heterocycles. The van der Waals surface area contributed by atoms with Crippen molar-refractivity contribution < 1.29 is 9.21 Å². The van der Waals surface area contributed by atoms with E-state index in [1.807, 2.05) is 25.3 Å². The van der Waals surface area contributed by atoms with Crippen molar-refractivity contribution in [1.82, 2.24) is 19.5 Å². The summed E-state index contributed by atoms with van der Waals surface area (Å²) in [4.78, 5) is 25.3. The van der Waals surface area contributed by atoms with Gasteiger partial charge in [0.15, 0.2) is 0 Å². The van der Waals surface area contributed by atoms with Gasteiger partial charge in [-0.25, -0.2) is 15.0 Å². The average Bonchev–Trinajstić information content (AvgIpc) is 2.99. The highest BCUT2D eigenvalue weighted by atomic mass is 16.3. The molecule has 3 aromatic rings. The molecule has 1 amide bonds. The number of anilines is 1. The van der Waals surface area contributed by atoms with Crippen LogP contribution in [0.3, 0.4) is 0 Å². The van der Waals surface area contributed by atoms with Gasteiger partial charge in [0.25, 0.3) is 5.91 Å². The number of carbonyl (C=O) groups is 1. The molecule has 24 heavy (non-hydrogen) atoms. The Bertz CT molecular complexity index is 906. The molecular weight excluding hydrogens is 306 g/mol. The van der Waals surface area contributed by atoms with Crippen LogP contribution < -0.4 is 5.32 Å². The predicted octanol–water partition coefficient (Wildman–Crippen LogP) is 3.05. The number of aromatic nitrogens is 4. The Morgan fingerprint density at radius 3 is 2.29 bits per heavy atom. The summed E-state index contributed by atoms with van der Waals surface area (Å²) >= 11 is 0. The number of aryl methyl sites for hydroxylation is 4. The zero-order valence-electron chi connectivity index (χ0n) is 14.3. The summed E-state index contributed by atoms with van der Waals surface area (Å²) in [5.74, 6) is 2.39. The van der Waals surface area contributed by atoms with Gasteiger partial charge in [0.1, 0.15) is 17.3 Å². The molecule has 124 valence electrons. The highest BCUT2D eigenvalue weighted by Gasteiger charge is 2.15. The van der Waals surface area contributed by atoms with Gasteiger partial charge in [0.2, 0.25) is 5.95 Å². The molecule has 0 aliphatic carbocycles.